The fourth-order valence-electron chi connectivity index (χ4n) is 2.74. The summed E-state index contributed by atoms with van der Waals surface area (Å²) in [6.07, 6.45) is 1.04. The van der Waals surface area contributed by atoms with E-state index in [1.165, 1.54) is 19.2 Å². The summed E-state index contributed by atoms with van der Waals surface area (Å²) >= 11 is 0. The number of carbonyl (C=O) groups is 2. The highest BCUT2D eigenvalue weighted by atomic mass is 19.1. The molecule has 0 saturated carbocycles. The van der Waals surface area contributed by atoms with E-state index in [-0.39, 0.29) is 11.1 Å². The molecule has 1 unspecified atom stereocenters. The number of amides is 1. The predicted molar refractivity (Wildman–Crippen MR) is 90.6 cm³/mol. The molecule has 1 aromatic heterocycles. The van der Waals surface area contributed by atoms with Gasteiger partial charge in [0.05, 0.1) is 5.56 Å². The first-order valence-electron chi connectivity index (χ1n) is 7.71. The first-order valence-corrected chi connectivity index (χ1v) is 7.71. The maximum Gasteiger partial charge on any atom is 0.405 e. The van der Waals surface area contributed by atoms with Crippen LogP contribution in [-0.4, -0.2) is 16.9 Å². The molecule has 2 N–H and O–H groups in total. The minimum Gasteiger partial charge on any atom is -0.442 e. The SMILES string of the molecule is CC(OC(N)=O)c1cc(F)c(C(=O)c2cccc3cnccc23)c(F)c1. The Balaban J connectivity index is 2.06. The maximum absolute atomic E-state index is 14.5. The van der Waals surface area contributed by atoms with Gasteiger partial charge in [0.25, 0.3) is 0 Å². The molecule has 0 fully saturated rings. The molecule has 3 rings (SSSR count). The van der Waals surface area contributed by atoms with Gasteiger partial charge in [0, 0.05) is 23.3 Å². The molecule has 7 heteroatoms. The number of hydrogen-bond acceptors (Lipinski definition) is 4. The second-order valence-electron chi connectivity index (χ2n) is 5.67. The van der Waals surface area contributed by atoms with E-state index < -0.39 is 35.2 Å². The monoisotopic (exact) mass is 356 g/mol. The Morgan fingerprint density at radius 2 is 1.85 bits per heavy atom. The van der Waals surface area contributed by atoms with Crippen molar-refractivity contribution in [3.05, 3.63) is 77.1 Å². The zero-order valence-electron chi connectivity index (χ0n) is 13.7. The first-order chi connectivity index (χ1) is 12.4. The van der Waals surface area contributed by atoms with Crippen molar-refractivity contribution in [2.75, 3.05) is 0 Å². The molecule has 0 spiro atoms. The van der Waals surface area contributed by atoms with Crippen molar-refractivity contribution >= 4 is 22.6 Å². The lowest BCUT2D eigenvalue weighted by molar-refractivity contribution is 0.102. The van der Waals surface area contributed by atoms with Crippen LogP contribution in [0, 0.1) is 11.6 Å². The summed E-state index contributed by atoms with van der Waals surface area (Å²) in [6.45, 7) is 1.41. The first kappa shape index (κ1) is 17.5. The van der Waals surface area contributed by atoms with Crippen molar-refractivity contribution < 1.29 is 23.1 Å². The highest BCUT2D eigenvalue weighted by molar-refractivity contribution is 6.16. The zero-order chi connectivity index (χ0) is 18.8. The maximum atomic E-state index is 14.5. The van der Waals surface area contributed by atoms with Crippen LogP contribution in [0.25, 0.3) is 10.8 Å². The highest BCUT2D eigenvalue weighted by Crippen LogP contribution is 2.27. The normalized spacial score (nSPS) is 12.0. The molecule has 1 amide bonds. The Bertz CT molecular complexity index is 992. The summed E-state index contributed by atoms with van der Waals surface area (Å²) in [7, 11) is 0. The molecule has 0 radical (unpaired) electrons. The number of primary amides is 1. The van der Waals surface area contributed by atoms with Crippen LogP contribution < -0.4 is 5.73 Å². The number of aromatic nitrogens is 1. The number of halogens is 2. The van der Waals surface area contributed by atoms with Crippen LogP contribution in [0.1, 0.15) is 34.5 Å². The number of fused-ring (bicyclic) bond motifs is 1. The van der Waals surface area contributed by atoms with E-state index >= 15 is 0 Å². The third-order valence-corrected chi connectivity index (χ3v) is 3.98. The average molecular weight is 356 g/mol. The number of ketones is 1. The van der Waals surface area contributed by atoms with Crippen molar-refractivity contribution in [2.24, 2.45) is 5.73 Å². The Morgan fingerprint density at radius 1 is 1.15 bits per heavy atom. The van der Waals surface area contributed by atoms with Crippen LogP contribution in [0.4, 0.5) is 13.6 Å². The molecule has 0 aliphatic heterocycles. The molecular weight excluding hydrogens is 342 g/mol. The topological polar surface area (TPSA) is 82.3 Å². The fraction of sp³-hybridized carbons (Fsp3) is 0.105. The molecule has 0 aliphatic rings. The molecule has 0 aliphatic carbocycles. The largest absolute Gasteiger partial charge is 0.442 e. The molecule has 0 saturated heterocycles. The summed E-state index contributed by atoms with van der Waals surface area (Å²) in [5.74, 6) is -2.88. The van der Waals surface area contributed by atoms with Crippen molar-refractivity contribution in [1.82, 2.24) is 4.98 Å². The lowest BCUT2D eigenvalue weighted by Crippen LogP contribution is -2.16. The van der Waals surface area contributed by atoms with Gasteiger partial charge in [0.15, 0.2) is 5.78 Å². The lowest BCUT2D eigenvalue weighted by Gasteiger charge is -2.14. The predicted octanol–water partition coefficient (Wildman–Crippen LogP) is 3.90. The number of carbonyl (C=O) groups excluding carboxylic acids is 2. The summed E-state index contributed by atoms with van der Waals surface area (Å²) in [4.78, 5) is 27.5. The molecule has 1 heterocycles. The standard InChI is InChI=1S/C19H14F2N2O3/c1-10(26-19(22)25)12-7-15(20)17(16(21)8-12)18(24)14-4-2-3-11-9-23-6-5-13(11)14/h2-10H,1H3,(H2,22,25). The summed E-state index contributed by atoms with van der Waals surface area (Å²) < 4.78 is 33.7. The second kappa shape index (κ2) is 6.87. The van der Waals surface area contributed by atoms with Crippen LogP contribution in [0.2, 0.25) is 0 Å². The van der Waals surface area contributed by atoms with Gasteiger partial charge in [-0.2, -0.15) is 0 Å². The van der Waals surface area contributed by atoms with Crippen molar-refractivity contribution in [3.8, 4) is 0 Å². The van der Waals surface area contributed by atoms with Crippen molar-refractivity contribution in [3.63, 3.8) is 0 Å². The van der Waals surface area contributed by atoms with Gasteiger partial charge in [-0.25, -0.2) is 13.6 Å². The molecule has 26 heavy (non-hydrogen) atoms. The molecular formula is C19H14F2N2O3. The number of ether oxygens (including phenoxy) is 1. The number of hydrogen-bond donors (Lipinski definition) is 1. The van der Waals surface area contributed by atoms with Crippen LogP contribution in [-0.2, 0) is 4.74 Å². The van der Waals surface area contributed by atoms with Gasteiger partial charge in [0.1, 0.15) is 17.7 Å². The van der Waals surface area contributed by atoms with E-state index in [0.717, 1.165) is 12.1 Å². The Morgan fingerprint density at radius 3 is 2.50 bits per heavy atom. The number of benzene rings is 2. The lowest BCUT2D eigenvalue weighted by atomic mass is 9.96. The summed E-state index contributed by atoms with van der Waals surface area (Å²) in [5, 5.41) is 1.22. The van der Waals surface area contributed by atoms with Crippen molar-refractivity contribution in [2.45, 2.75) is 13.0 Å². The van der Waals surface area contributed by atoms with E-state index in [4.69, 9.17) is 10.5 Å². The Kier molecular flexibility index (Phi) is 4.62. The minimum atomic E-state index is -1.07. The second-order valence-corrected chi connectivity index (χ2v) is 5.67. The van der Waals surface area contributed by atoms with E-state index in [1.54, 1.807) is 24.4 Å². The van der Waals surface area contributed by atoms with Gasteiger partial charge in [-0.15, -0.1) is 0 Å². The molecule has 1 atom stereocenters. The highest BCUT2D eigenvalue weighted by Gasteiger charge is 2.23. The third-order valence-electron chi connectivity index (χ3n) is 3.98. The molecule has 132 valence electrons. The van der Waals surface area contributed by atoms with Gasteiger partial charge in [-0.05, 0) is 36.1 Å². The van der Waals surface area contributed by atoms with E-state index in [2.05, 4.69) is 4.98 Å². The summed E-state index contributed by atoms with van der Waals surface area (Å²) in [6, 6.07) is 8.38. The van der Waals surface area contributed by atoms with E-state index in [9.17, 15) is 18.4 Å². The minimum absolute atomic E-state index is 0.0532. The van der Waals surface area contributed by atoms with Crippen LogP contribution in [0.15, 0.2) is 48.8 Å². The van der Waals surface area contributed by atoms with Crippen LogP contribution >= 0.6 is 0 Å². The molecule has 5 nitrogen and oxygen atoms in total. The van der Waals surface area contributed by atoms with Crippen molar-refractivity contribution in [1.29, 1.82) is 0 Å². The zero-order valence-corrected chi connectivity index (χ0v) is 13.7. The average Bonchev–Trinajstić information content (AvgIpc) is 2.59. The van der Waals surface area contributed by atoms with E-state index in [0.29, 0.717) is 10.8 Å². The van der Waals surface area contributed by atoms with Crippen LogP contribution in [0.3, 0.4) is 0 Å². The van der Waals surface area contributed by atoms with Gasteiger partial charge in [-0.1, -0.05) is 18.2 Å². The third kappa shape index (κ3) is 3.23. The Labute approximate surface area is 147 Å². The molecule has 2 aromatic carbocycles. The number of nitrogens with zero attached hydrogens (tertiary/aromatic N) is 1. The smallest absolute Gasteiger partial charge is 0.405 e. The van der Waals surface area contributed by atoms with Gasteiger partial charge < -0.3 is 10.5 Å². The number of nitrogens with two attached hydrogens (primary N) is 1. The number of rotatable bonds is 4. The number of pyridine rings is 1. The summed E-state index contributed by atoms with van der Waals surface area (Å²) in [5.41, 5.74) is 4.45. The quantitative estimate of drug-likeness (QED) is 0.719. The van der Waals surface area contributed by atoms with Gasteiger partial charge in [-0.3, -0.25) is 9.78 Å². The van der Waals surface area contributed by atoms with Gasteiger partial charge >= 0.3 is 6.09 Å². The fourth-order valence-corrected chi connectivity index (χ4v) is 2.74. The Hall–Kier alpha value is -3.35. The van der Waals surface area contributed by atoms with Crippen LogP contribution in [0.5, 0.6) is 0 Å². The molecule has 0 bridgehead atoms. The molecule has 3 aromatic rings. The van der Waals surface area contributed by atoms with Gasteiger partial charge in [0.2, 0.25) is 0 Å². The van der Waals surface area contributed by atoms with E-state index in [1.807, 2.05) is 0 Å².